The van der Waals surface area contributed by atoms with Crippen molar-refractivity contribution in [3.63, 3.8) is 0 Å². The van der Waals surface area contributed by atoms with Crippen molar-refractivity contribution < 1.29 is 13.2 Å². The van der Waals surface area contributed by atoms with Gasteiger partial charge in [0, 0.05) is 25.1 Å². The minimum atomic E-state index is -3.50. The van der Waals surface area contributed by atoms with Crippen LogP contribution in [0, 0.1) is 0 Å². The first-order valence-corrected chi connectivity index (χ1v) is 8.53. The van der Waals surface area contributed by atoms with Crippen molar-refractivity contribution in [2.45, 2.75) is 19.1 Å². The summed E-state index contributed by atoms with van der Waals surface area (Å²) in [5.41, 5.74) is 6.72. The van der Waals surface area contributed by atoms with E-state index < -0.39 is 10.0 Å². The minimum absolute atomic E-state index is 0.0726. The molecule has 1 rings (SSSR count). The van der Waals surface area contributed by atoms with E-state index in [-0.39, 0.29) is 29.6 Å². The van der Waals surface area contributed by atoms with Gasteiger partial charge in [-0.05, 0) is 18.6 Å². The van der Waals surface area contributed by atoms with Gasteiger partial charge in [-0.3, -0.25) is 4.79 Å². The van der Waals surface area contributed by atoms with Crippen LogP contribution in [0.3, 0.4) is 0 Å². The Labute approximate surface area is 130 Å². The van der Waals surface area contributed by atoms with Crippen molar-refractivity contribution in [3.05, 3.63) is 35.4 Å². The van der Waals surface area contributed by atoms with Gasteiger partial charge in [0.05, 0.1) is 5.75 Å². The Balaban J connectivity index is 2.58. The molecule has 0 aromatic heterocycles. The van der Waals surface area contributed by atoms with Crippen LogP contribution in [-0.4, -0.2) is 32.4 Å². The normalized spacial score (nSPS) is 11.1. The molecule has 0 saturated carbocycles. The third kappa shape index (κ3) is 6.65. The van der Waals surface area contributed by atoms with Gasteiger partial charge in [-0.1, -0.05) is 30.4 Å². The predicted octanol–water partition coefficient (Wildman–Crippen LogP) is 0.266. The van der Waals surface area contributed by atoms with E-state index in [1.54, 1.807) is 31.2 Å². The predicted molar refractivity (Wildman–Crippen MR) is 86.3 cm³/mol. The monoisotopic (exact) mass is 329 g/mol. The molecule has 0 aliphatic carbocycles. The average Bonchev–Trinajstić information content (AvgIpc) is 2.38. The van der Waals surface area contributed by atoms with Crippen molar-refractivity contribution in [2.24, 2.45) is 5.73 Å². The van der Waals surface area contributed by atoms with E-state index >= 15 is 0 Å². The Morgan fingerprint density at radius 1 is 1.38 bits per heavy atom. The number of benzene rings is 1. The van der Waals surface area contributed by atoms with E-state index in [0.29, 0.717) is 17.7 Å². The van der Waals surface area contributed by atoms with Gasteiger partial charge in [0.2, 0.25) is 15.9 Å². The van der Waals surface area contributed by atoms with Crippen LogP contribution in [0.4, 0.5) is 0 Å². The maximum absolute atomic E-state index is 11.9. The van der Waals surface area contributed by atoms with Crippen molar-refractivity contribution in [1.29, 1.82) is 0 Å². The van der Waals surface area contributed by atoms with E-state index in [1.165, 1.54) is 0 Å². The molecule has 0 aliphatic heterocycles. The van der Waals surface area contributed by atoms with Crippen molar-refractivity contribution in [1.82, 2.24) is 10.0 Å². The highest BCUT2D eigenvalue weighted by atomic mass is 32.2. The Bertz CT molecular complexity index is 615. The molecular weight excluding hydrogens is 310 g/mol. The molecule has 0 unspecified atom stereocenters. The number of hydrogen-bond acceptors (Lipinski definition) is 4. The van der Waals surface area contributed by atoms with E-state index in [4.69, 9.17) is 18.0 Å². The molecule has 0 heterocycles. The Hall–Kier alpha value is -1.51. The number of nitrogens with two attached hydrogens (primary N) is 1. The molecule has 0 spiro atoms. The molecule has 6 nitrogen and oxygen atoms in total. The summed E-state index contributed by atoms with van der Waals surface area (Å²) in [6, 6.07) is 6.76. The highest BCUT2D eigenvalue weighted by Crippen LogP contribution is 2.08. The first kappa shape index (κ1) is 17.5. The topological polar surface area (TPSA) is 101 Å². The summed E-state index contributed by atoms with van der Waals surface area (Å²) in [6.07, 6.45) is 0.111. The molecule has 0 fully saturated rings. The van der Waals surface area contributed by atoms with Crippen LogP contribution in [0.15, 0.2) is 24.3 Å². The summed E-state index contributed by atoms with van der Waals surface area (Å²) in [6.45, 7) is 2.40. The van der Waals surface area contributed by atoms with Crippen LogP contribution < -0.4 is 15.8 Å². The van der Waals surface area contributed by atoms with Crippen LogP contribution in [0.2, 0.25) is 0 Å². The fourth-order valence-corrected chi connectivity index (χ4v) is 2.95. The van der Waals surface area contributed by atoms with Crippen LogP contribution in [0.1, 0.15) is 24.5 Å². The standard InChI is InChI=1S/C13H19N3O3S2/c1-2-15-12(17)6-7-16-21(18,19)9-10-4-3-5-11(8-10)13(14)20/h3-5,8,16H,2,6-7,9H2,1H3,(H2,14,20)(H,15,17). The lowest BCUT2D eigenvalue weighted by molar-refractivity contribution is -0.120. The second kappa shape index (κ2) is 8.06. The number of amides is 1. The van der Waals surface area contributed by atoms with Crippen LogP contribution in [0.5, 0.6) is 0 Å². The summed E-state index contributed by atoms with van der Waals surface area (Å²) in [5, 5.41) is 2.60. The van der Waals surface area contributed by atoms with Gasteiger partial charge in [0.15, 0.2) is 0 Å². The Morgan fingerprint density at radius 3 is 2.71 bits per heavy atom. The second-order valence-electron chi connectivity index (χ2n) is 4.42. The number of nitrogens with one attached hydrogen (secondary N) is 2. The summed E-state index contributed by atoms with van der Waals surface area (Å²) in [4.78, 5) is 11.5. The number of hydrogen-bond donors (Lipinski definition) is 3. The van der Waals surface area contributed by atoms with E-state index in [2.05, 4.69) is 10.0 Å². The van der Waals surface area contributed by atoms with Crippen molar-refractivity contribution in [3.8, 4) is 0 Å². The minimum Gasteiger partial charge on any atom is -0.389 e. The lowest BCUT2D eigenvalue weighted by atomic mass is 10.1. The largest absolute Gasteiger partial charge is 0.389 e. The molecule has 4 N–H and O–H groups in total. The number of carbonyl (C=O) groups is 1. The number of thiocarbonyl (C=S) groups is 1. The molecule has 0 radical (unpaired) electrons. The van der Waals surface area contributed by atoms with Gasteiger partial charge >= 0.3 is 0 Å². The lowest BCUT2D eigenvalue weighted by Gasteiger charge is -2.08. The number of rotatable bonds is 8. The van der Waals surface area contributed by atoms with Crippen LogP contribution >= 0.6 is 12.2 Å². The third-order valence-corrected chi connectivity index (χ3v) is 4.21. The van der Waals surface area contributed by atoms with Crippen molar-refractivity contribution in [2.75, 3.05) is 13.1 Å². The molecular formula is C13H19N3O3S2. The quantitative estimate of drug-likeness (QED) is 0.594. The second-order valence-corrected chi connectivity index (χ2v) is 6.67. The maximum atomic E-state index is 11.9. The molecule has 0 saturated heterocycles. The molecule has 0 atom stereocenters. The molecule has 1 aromatic carbocycles. The fraction of sp³-hybridized carbons (Fsp3) is 0.385. The fourth-order valence-electron chi connectivity index (χ4n) is 1.69. The molecule has 0 bridgehead atoms. The Kier molecular flexibility index (Phi) is 6.73. The third-order valence-electron chi connectivity index (χ3n) is 2.62. The van der Waals surface area contributed by atoms with Gasteiger partial charge in [-0.15, -0.1) is 0 Å². The summed E-state index contributed by atoms with van der Waals surface area (Å²) >= 11 is 4.85. The first-order chi connectivity index (χ1) is 9.84. The van der Waals surface area contributed by atoms with Gasteiger partial charge in [0.25, 0.3) is 0 Å². The maximum Gasteiger partial charge on any atom is 0.221 e. The van der Waals surface area contributed by atoms with Gasteiger partial charge in [-0.2, -0.15) is 0 Å². The molecule has 1 aromatic rings. The molecule has 21 heavy (non-hydrogen) atoms. The van der Waals surface area contributed by atoms with Gasteiger partial charge < -0.3 is 11.1 Å². The molecule has 0 aliphatic rings. The van der Waals surface area contributed by atoms with E-state index in [1.807, 2.05) is 0 Å². The summed E-state index contributed by atoms with van der Waals surface area (Å²) in [5.74, 6) is -0.366. The summed E-state index contributed by atoms with van der Waals surface area (Å²) < 4.78 is 26.2. The van der Waals surface area contributed by atoms with Crippen LogP contribution in [-0.2, 0) is 20.6 Å². The first-order valence-electron chi connectivity index (χ1n) is 6.47. The molecule has 1 amide bonds. The van der Waals surface area contributed by atoms with E-state index in [9.17, 15) is 13.2 Å². The van der Waals surface area contributed by atoms with Gasteiger partial charge in [0.1, 0.15) is 4.99 Å². The zero-order valence-corrected chi connectivity index (χ0v) is 13.4. The van der Waals surface area contributed by atoms with Crippen molar-refractivity contribution >= 4 is 33.1 Å². The number of carbonyl (C=O) groups excluding carboxylic acids is 1. The van der Waals surface area contributed by atoms with E-state index in [0.717, 1.165) is 0 Å². The highest BCUT2D eigenvalue weighted by molar-refractivity contribution is 7.88. The molecule has 8 heteroatoms. The Morgan fingerprint density at radius 2 is 2.10 bits per heavy atom. The summed E-state index contributed by atoms with van der Waals surface area (Å²) in [7, 11) is -3.50. The van der Waals surface area contributed by atoms with Crippen LogP contribution in [0.25, 0.3) is 0 Å². The van der Waals surface area contributed by atoms with Gasteiger partial charge in [-0.25, -0.2) is 13.1 Å². The zero-order valence-electron chi connectivity index (χ0n) is 11.8. The molecule has 116 valence electrons. The number of sulfonamides is 1. The lowest BCUT2D eigenvalue weighted by Crippen LogP contribution is -2.31. The average molecular weight is 329 g/mol. The zero-order chi connectivity index (χ0) is 15.9. The smallest absolute Gasteiger partial charge is 0.221 e. The SMILES string of the molecule is CCNC(=O)CCNS(=O)(=O)Cc1cccc(C(N)=S)c1. The highest BCUT2D eigenvalue weighted by Gasteiger charge is 2.12.